The Labute approximate surface area is 99.1 Å². The number of hydrogen-bond acceptors (Lipinski definition) is 7. The third-order valence-corrected chi connectivity index (χ3v) is 1.18. The second-order valence-corrected chi connectivity index (χ2v) is 3.01. The Morgan fingerprint density at radius 2 is 2.00 bits per heavy atom. The molecule has 0 radical (unpaired) electrons. The molecular weight excluding hydrogens is 232 g/mol. The van der Waals surface area contributed by atoms with Gasteiger partial charge in [0.1, 0.15) is 6.61 Å². The van der Waals surface area contributed by atoms with Gasteiger partial charge in [-0.15, -0.1) is 0 Å². The van der Waals surface area contributed by atoms with Gasteiger partial charge in [-0.1, -0.05) is 0 Å². The van der Waals surface area contributed by atoms with Crippen LogP contribution in [-0.4, -0.2) is 31.4 Å². The van der Waals surface area contributed by atoms with Crippen LogP contribution in [0.4, 0.5) is 4.79 Å². The van der Waals surface area contributed by atoms with Crippen molar-refractivity contribution in [1.82, 2.24) is 0 Å². The summed E-state index contributed by atoms with van der Waals surface area (Å²) in [6.07, 6.45) is 1.33. The minimum absolute atomic E-state index is 0.0768. The molecule has 0 aromatic heterocycles. The van der Waals surface area contributed by atoms with Gasteiger partial charge < -0.3 is 9.47 Å². The molecule has 98 valence electrons. The van der Waals surface area contributed by atoms with Crippen molar-refractivity contribution in [3.05, 3.63) is 12.2 Å². The Kier molecular flexibility index (Phi) is 8.71. The zero-order valence-corrected chi connectivity index (χ0v) is 10.0. The van der Waals surface area contributed by atoms with Crippen molar-refractivity contribution in [3.8, 4) is 0 Å². The second-order valence-electron chi connectivity index (χ2n) is 3.01. The lowest BCUT2D eigenvalue weighted by atomic mass is 10.4. The van der Waals surface area contributed by atoms with E-state index < -0.39 is 12.1 Å². The van der Waals surface area contributed by atoms with E-state index in [0.717, 1.165) is 0 Å². The lowest BCUT2D eigenvalue weighted by Crippen LogP contribution is -2.09. The number of ether oxygens (including phenoxy) is 2. The van der Waals surface area contributed by atoms with Crippen LogP contribution >= 0.6 is 0 Å². The third-order valence-electron chi connectivity index (χ3n) is 1.18. The number of carbonyl (C=O) groups excluding carboxylic acids is 2. The zero-order valence-electron chi connectivity index (χ0n) is 10.0. The minimum Gasteiger partial charge on any atom is -0.460 e. The lowest BCUT2D eigenvalue weighted by molar-refractivity contribution is -0.482. The van der Waals surface area contributed by atoms with Gasteiger partial charge in [-0.3, -0.25) is 0 Å². The normalized spacial score (nSPS) is 10.6. The predicted octanol–water partition coefficient (Wildman–Crippen LogP) is 1.53. The number of rotatable bonds is 7. The number of esters is 1. The van der Waals surface area contributed by atoms with Crippen LogP contribution in [0.5, 0.6) is 0 Å². The van der Waals surface area contributed by atoms with Crippen LogP contribution in [0.15, 0.2) is 12.2 Å². The average Bonchev–Trinajstić information content (AvgIpc) is 2.22. The standard InChI is InChI=1S/C10H16O7/c1-4-13-10(12)16-17-14-7-5-6-9(11)15-8(2)3/h5-6,8H,4,7H2,1-3H3. The molecule has 7 heteroatoms. The Morgan fingerprint density at radius 3 is 2.59 bits per heavy atom. The number of carbonyl (C=O) groups is 2. The first-order chi connectivity index (χ1) is 8.06. The van der Waals surface area contributed by atoms with E-state index in [2.05, 4.69) is 19.6 Å². The van der Waals surface area contributed by atoms with Crippen LogP contribution in [-0.2, 0) is 29.1 Å². The maximum Gasteiger partial charge on any atom is 0.542 e. The molecule has 0 spiro atoms. The molecular formula is C10H16O7. The van der Waals surface area contributed by atoms with Gasteiger partial charge in [0.15, 0.2) is 0 Å². The topological polar surface area (TPSA) is 80.3 Å². The van der Waals surface area contributed by atoms with Crippen molar-refractivity contribution in [2.75, 3.05) is 13.2 Å². The van der Waals surface area contributed by atoms with Crippen LogP contribution < -0.4 is 0 Å². The van der Waals surface area contributed by atoms with Crippen LogP contribution in [0.3, 0.4) is 0 Å². The third kappa shape index (κ3) is 10.7. The first-order valence-electron chi connectivity index (χ1n) is 5.06. The molecule has 0 atom stereocenters. The molecule has 0 aromatic carbocycles. The quantitative estimate of drug-likeness (QED) is 0.222. The van der Waals surface area contributed by atoms with Gasteiger partial charge in [0, 0.05) is 6.08 Å². The monoisotopic (exact) mass is 248 g/mol. The molecule has 7 nitrogen and oxygen atoms in total. The Bertz CT molecular complexity index is 259. The van der Waals surface area contributed by atoms with Crippen LogP contribution in [0.1, 0.15) is 20.8 Å². The average molecular weight is 248 g/mol. The van der Waals surface area contributed by atoms with Gasteiger partial charge in [-0.2, -0.15) is 4.89 Å². The van der Waals surface area contributed by atoms with E-state index >= 15 is 0 Å². The summed E-state index contributed by atoms with van der Waals surface area (Å²) in [6, 6.07) is 0. The number of hydrogen-bond donors (Lipinski definition) is 0. The molecule has 0 aliphatic carbocycles. The summed E-state index contributed by atoms with van der Waals surface area (Å²) in [6.45, 7) is 5.18. The molecule has 0 bridgehead atoms. The fourth-order valence-corrected chi connectivity index (χ4v) is 0.677. The second kappa shape index (κ2) is 9.61. The fraction of sp³-hybridized carbons (Fsp3) is 0.600. The molecule has 0 aliphatic rings. The molecule has 0 unspecified atom stereocenters. The van der Waals surface area contributed by atoms with E-state index in [4.69, 9.17) is 4.74 Å². The summed E-state index contributed by atoms with van der Waals surface area (Å²) in [7, 11) is 0. The summed E-state index contributed by atoms with van der Waals surface area (Å²) in [4.78, 5) is 29.9. The van der Waals surface area contributed by atoms with Crippen LogP contribution in [0, 0.1) is 0 Å². The van der Waals surface area contributed by atoms with Crippen molar-refractivity contribution in [1.29, 1.82) is 0 Å². The summed E-state index contributed by atoms with van der Waals surface area (Å²) in [5.41, 5.74) is 0. The largest absolute Gasteiger partial charge is 0.542 e. The van der Waals surface area contributed by atoms with E-state index in [0.29, 0.717) is 0 Å². The minimum atomic E-state index is -1.00. The van der Waals surface area contributed by atoms with Crippen LogP contribution in [0.25, 0.3) is 0 Å². The molecule has 0 saturated carbocycles. The molecule has 0 rings (SSSR count). The van der Waals surface area contributed by atoms with Crippen molar-refractivity contribution >= 4 is 12.1 Å². The van der Waals surface area contributed by atoms with Crippen molar-refractivity contribution in [2.24, 2.45) is 0 Å². The van der Waals surface area contributed by atoms with Gasteiger partial charge in [0.25, 0.3) is 0 Å². The Morgan fingerprint density at radius 1 is 1.29 bits per heavy atom. The molecule has 0 fully saturated rings. The predicted molar refractivity (Wildman–Crippen MR) is 55.5 cm³/mol. The van der Waals surface area contributed by atoms with E-state index in [1.807, 2.05) is 0 Å². The highest BCUT2D eigenvalue weighted by atomic mass is 17.5. The Hall–Kier alpha value is -1.60. The highest BCUT2D eigenvalue weighted by molar-refractivity contribution is 5.81. The smallest absolute Gasteiger partial charge is 0.460 e. The van der Waals surface area contributed by atoms with Gasteiger partial charge in [-0.05, 0) is 31.9 Å². The maximum atomic E-state index is 11.0. The zero-order chi connectivity index (χ0) is 13.1. The maximum absolute atomic E-state index is 11.0. The van der Waals surface area contributed by atoms with E-state index in [-0.39, 0.29) is 19.3 Å². The highest BCUT2D eigenvalue weighted by Crippen LogP contribution is 1.91. The van der Waals surface area contributed by atoms with E-state index in [9.17, 15) is 9.59 Å². The van der Waals surface area contributed by atoms with E-state index in [1.54, 1.807) is 20.8 Å². The summed E-state index contributed by atoms with van der Waals surface area (Å²) >= 11 is 0. The van der Waals surface area contributed by atoms with Crippen molar-refractivity contribution < 1.29 is 33.9 Å². The molecule has 17 heavy (non-hydrogen) atoms. The van der Waals surface area contributed by atoms with Crippen LogP contribution in [0.2, 0.25) is 0 Å². The molecule has 0 amide bonds. The Balaban J connectivity index is 3.48. The molecule has 0 heterocycles. The summed E-state index contributed by atoms with van der Waals surface area (Å²) in [5, 5.41) is 4.03. The van der Waals surface area contributed by atoms with E-state index in [1.165, 1.54) is 12.2 Å². The SMILES string of the molecule is CCOC(=O)OOOCC=CC(=O)OC(C)C. The van der Waals surface area contributed by atoms with Gasteiger partial charge in [-0.25, -0.2) is 14.5 Å². The lowest BCUT2D eigenvalue weighted by Gasteiger charge is -2.03. The van der Waals surface area contributed by atoms with Gasteiger partial charge in [0.05, 0.1) is 12.7 Å². The molecule has 0 aliphatic heterocycles. The first kappa shape index (κ1) is 15.4. The first-order valence-corrected chi connectivity index (χ1v) is 5.06. The molecule has 0 N–H and O–H groups in total. The molecule has 0 saturated heterocycles. The molecule has 0 aromatic rings. The van der Waals surface area contributed by atoms with Gasteiger partial charge in [0.2, 0.25) is 0 Å². The summed E-state index contributed by atoms with van der Waals surface area (Å²) < 4.78 is 9.17. The highest BCUT2D eigenvalue weighted by Gasteiger charge is 2.03. The summed E-state index contributed by atoms with van der Waals surface area (Å²) in [5.74, 6) is -0.491. The van der Waals surface area contributed by atoms with Gasteiger partial charge >= 0.3 is 12.1 Å². The fourth-order valence-electron chi connectivity index (χ4n) is 0.677. The van der Waals surface area contributed by atoms with Crippen molar-refractivity contribution in [2.45, 2.75) is 26.9 Å². The van der Waals surface area contributed by atoms with Crippen molar-refractivity contribution in [3.63, 3.8) is 0 Å².